The van der Waals surface area contributed by atoms with Gasteiger partial charge in [-0.2, -0.15) is 13.2 Å². The number of rotatable bonds is 5. The van der Waals surface area contributed by atoms with E-state index in [0.717, 1.165) is 19.2 Å². The third kappa shape index (κ3) is 3.75. The number of fused-ring (bicyclic) bond motifs is 1. The maximum absolute atomic E-state index is 13.4. The fraction of sp³-hybridized carbons (Fsp3) is 0.500. The molecule has 156 valence electrons. The van der Waals surface area contributed by atoms with Crippen LogP contribution in [0.4, 0.5) is 13.2 Å². The van der Waals surface area contributed by atoms with Gasteiger partial charge in [-0.05, 0) is 43.9 Å². The van der Waals surface area contributed by atoms with Crippen molar-refractivity contribution in [2.75, 3.05) is 26.7 Å². The summed E-state index contributed by atoms with van der Waals surface area (Å²) in [5.41, 5.74) is -0.474. The highest BCUT2D eigenvalue weighted by atomic mass is 35.5. The van der Waals surface area contributed by atoms with Crippen molar-refractivity contribution >= 4 is 17.5 Å². The van der Waals surface area contributed by atoms with Gasteiger partial charge in [-0.15, -0.1) is 0 Å². The molecule has 1 aliphatic carbocycles. The van der Waals surface area contributed by atoms with Gasteiger partial charge in [0.2, 0.25) is 0 Å². The van der Waals surface area contributed by atoms with Crippen LogP contribution in [0.2, 0.25) is 5.02 Å². The minimum atomic E-state index is -4.62. The highest BCUT2D eigenvalue weighted by Crippen LogP contribution is 2.52. The topological polar surface area (TPSA) is 52.2 Å². The van der Waals surface area contributed by atoms with Gasteiger partial charge in [0, 0.05) is 25.8 Å². The zero-order chi connectivity index (χ0) is 20.9. The predicted octanol–water partition coefficient (Wildman–Crippen LogP) is 4.09. The summed E-state index contributed by atoms with van der Waals surface area (Å²) >= 11 is 6.03. The number of aromatic amines is 1. The third-order valence-electron chi connectivity index (χ3n) is 6.17. The molecule has 2 heterocycles. The van der Waals surface area contributed by atoms with Crippen molar-refractivity contribution in [1.82, 2.24) is 19.8 Å². The Labute approximate surface area is 171 Å². The van der Waals surface area contributed by atoms with E-state index in [4.69, 9.17) is 11.6 Å². The largest absolute Gasteiger partial charge is 0.417 e. The van der Waals surface area contributed by atoms with Crippen LogP contribution in [0, 0.1) is 17.8 Å². The monoisotopic (exact) mass is 426 g/mol. The van der Waals surface area contributed by atoms with Crippen LogP contribution >= 0.6 is 11.6 Å². The van der Waals surface area contributed by atoms with Crippen LogP contribution in [0.15, 0.2) is 30.7 Å². The average molecular weight is 427 g/mol. The van der Waals surface area contributed by atoms with Crippen LogP contribution in [0.25, 0.3) is 0 Å². The summed E-state index contributed by atoms with van der Waals surface area (Å²) in [6, 6.07) is 3.08. The van der Waals surface area contributed by atoms with E-state index in [-0.39, 0.29) is 5.56 Å². The fourth-order valence-corrected chi connectivity index (χ4v) is 4.82. The number of amides is 1. The number of carbonyl (C=O) groups excluding carboxylic acids is 1. The molecule has 2 aliphatic rings. The Bertz CT molecular complexity index is 890. The Hall–Kier alpha value is -2.06. The predicted molar refractivity (Wildman–Crippen MR) is 102 cm³/mol. The fourth-order valence-electron chi connectivity index (χ4n) is 4.51. The summed E-state index contributed by atoms with van der Waals surface area (Å²) in [6.45, 7) is 4.28. The van der Waals surface area contributed by atoms with E-state index >= 15 is 0 Å². The van der Waals surface area contributed by atoms with E-state index in [1.54, 1.807) is 11.1 Å². The standard InChI is InChI=1S/C20H22ClF3N4O/c1-11(17-6-25-10-26-17)28(9-15-13-7-27(2)8-14(13)15)19(29)12-4-3-5-16(18(12)21)20(22,23)24/h3-6,10-11,13-15H,7-9H2,1-2H3,(H,25,26). The van der Waals surface area contributed by atoms with Crippen molar-refractivity contribution in [2.45, 2.75) is 19.1 Å². The molecule has 29 heavy (non-hydrogen) atoms. The number of likely N-dealkylation sites (tertiary alicyclic amines) is 1. The van der Waals surface area contributed by atoms with Gasteiger partial charge in [-0.3, -0.25) is 4.79 Å². The van der Waals surface area contributed by atoms with Gasteiger partial charge in [0.15, 0.2) is 0 Å². The smallest absolute Gasteiger partial charge is 0.351 e. The highest BCUT2D eigenvalue weighted by Gasteiger charge is 2.55. The van der Waals surface area contributed by atoms with Crippen molar-refractivity contribution in [3.05, 3.63) is 52.6 Å². The molecule has 1 aliphatic heterocycles. The first kappa shape index (κ1) is 20.2. The summed E-state index contributed by atoms with van der Waals surface area (Å²) in [4.78, 5) is 24.3. The molecule has 0 radical (unpaired) electrons. The molecule has 5 nitrogen and oxygen atoms in total. The lowest BCUT2D eigenvalue weighted by Crippen LogP contribution is -2.37. The van der Waals surface area contributed by atoms with Crippen LogP contribution < -0.4 is 0 Å². The van der Waals surface area contributed by atoms with Crippen LogP contribution in [-0.2, 0) is 6.18 Å². The zero-order valence-electron chi connectivity index (χ0n) is 16.1. The molecule has 9 heteroatoms. The maximum Gasteiger partial charge on any atom is 0.417 e. The van der Waals surface area contributed by atoms with E-state index in [0.29, 0.717) is 30.0 Å². The first-order chi connectivity index (χ1) is 13.7. The van der Waals surface area contributed by atoms with Crippen molar-refractivity contribution < 1.29 is 18.0 Å². The van der Waals surface area contributed by atoms with E-state index in [1.807, 2.05) is 6.92 Å². The van der Waals surface area contributed by atoms with Crippen molar-refractivity contribution in [3.63, 3.8) is 0 Å². The van der Waals surface area contributed by atoms with Gasteiger partial charge in [0.25, 0.3) is 5.91 Å². The molecule has 2 aromatic rings. The number of carbonyl (C=O) groups is 1. The molecule has 2 fully saturated rings. The second-order valence-corrected chi connectivity index (χ2v) is 8.38. The Morgan fingerprint density at radius 1 is 1.38 bits per heavy atom. The average Bonchev–Trinajstić information content (AvgIpc) is 3.06. The molecule has 0 bridgehead atoms. The van der Waals surface area contributed by atoms with Gasteiger partial charge in [0.05, 0.1) is 34.2 Å². The Kier molecular flexibility index (Phi) is 5.11. The minimum Gasteiger partial charge on any atom is -0.351 e. The Balaban J connectivity index is 1.63. The molecule has 0 spiro atoms. The number of hydrogen-bond acceptors (Lipinski definition) is 3. The lowest BCUT2D eigenvalue weighted by molar-refractivity contribution is -0.137. The molecular formula is C20H22ClF3N4O. The van der Waals surface area contributed by atoms with Crippen molar-refractivity contribution in [2.24, 2.45) is 17.8 Å². The molecule has 3 atom stereocenters. The van der Waals surface area contributed by atoms with E-state index in [2.05, 4.69) is 21.9 Å². The molecule has 1 saturated carbocycles. The zero-order valence-corrected chi connectivity index (χ0v) is 16.8. The van der Waals surface area contributed by atoms with E-state index in [9.17, 15) is 18.0 Å². The molecule has 1 saturated heterocycles. The molecule has 1 aromatic carbocycles. The van der Waals surface area contributed by atoms with Crippen molar-refractivity contribution in [3.8, 4) is 0 Å². The summed E-state index contributed by atoms with van der Waals surface area (Å²) in [7, 11) is 2.07. The van der Waals surface area contributed by atoms with Crippen LogP contribution in [0.1, 0.15) is 34.6 Å². The van der Waals surface area contributed by atoms with E-state index < -0.39 is 28.7 Å². The quantitative estimate of drug-likeness (QED) is 0.783. The number of piperidine rings is 1. The second-order valence-electron chi connectivity index (χ2n) is 8.01. The number of alkyl halides is 3. The lowest BCUT2D eigenvalue weighted by Gasteiger charge is -2.30. The number of halogens is 4. The Morgan fingerprint density at radius 2 is 2.07 bits per heavy atom. The van der Waals surface area contributed by atoms with E-state index in [1.165, 1.54) is 18.5 Å². The van der Waals surface area contributed by atoms with Gasteiger partial charge in [-0.1, -0.05) is 17.7 Å². The molecular weight excluding hydrogens is 405 g/mol. The number of imidazole rings is 1. The number of H-pyrrole nitrogens is 1. The Morgan fingerprint density at radius 3 is 2.66 bits per heavy atom. The number of hydrogen-bond donors (Lipinski definition) is 1. The first-order valence-electron chi connectivity index (χ1n) is 9.52. The second kappa shape index (κ2) is 7.32. The van der Waals surface area contributed by atoms with Crippen LogP contribution in [-0.4, -0.2) is 52.4 Å². The molecule has 3 unspecified atom stereocenters. The van der Waals surface area contributed by atoms with Crippen LogP contribution in [0.3, 0.4) is 0 Å². The van der Waals surface area contributed by atoms with Gasteiger partial charge in [0.1, 0.15) is 0 Å². The normalized spacial score (nSPS) is 25.0. The summed E-state index contributed by atoms with van der Waals surface area (Å²) in [6.07, 6.45) is -1.41. The SMILES string of the molecule is CC(c1c[nH]cn1)N(CC1C2CN(C)CC21)C(=O)c1cccc(C(F)(F)F)c1Cl. The number of aromatic nitrogens is 2. The number of nitrogens with one attached hydrogen (secondary N) is 1. The summed E-state index contributed by atoms with van der Waals surface area (Å²) in [5.74, 6) is 0.897. The molecule has 1 amide bonds. The maximum atomic E-state index is 13.4. The third-order valence-corrected chi connectivity index (χ3v) is 6.58. The van der Waals surface area contributed by atoms with Crippen molar-refractivity contribution in [1.29, 1.82) is 0 Å². The number of nitrogens with zero attached hydrogens (tertiary/aromatic N) is 3. The van der Waals surface area contributed by atoms with Gasteiger partial charge >= 0.3 is 6.18 Å². The lowest BCUT2D eigenvalue weighted by atomic mass is 10.1. The van der Waals surface area contributed by atoms with Crippen LogP contribution in [0.5, 0.6) is 0 Å². The number of benzene rings is 1. The minimum absolute atomic E-state index is 0.133. The van der Waals surface area contributed by atoms with Gasteiger partial charge < -0.3 is 14.8 Å². The van der Waals surface area contributed by atoms with Gasteiger partial charge in [-0.25, -0.2) is 4.98 Å². The summed E-state index contributed by atoms with van der Waals surface area (Å²) in [5, 5.41) is -0.556. The molecule has 4 rings (SSSR count). The molecule has 1 aromatic heterocycles. The highest BCUT2D eigenvalue weighted by molar-refractivity contribution is 6.34. The molecule has 1 N–H and O–H groups in total. The first-order valence-corrected chi connectivity index (χ1v) is 9.90. The summed E-state index contributed by atoms with van der Waals surface area (Å²) < 4.78 is 39.8.